The molecular formula is C8H3ClF5NO3. The number of halogens is 6. The zero-order valence-electron chi connectivity index (χ0n) is 8.17. The fourth-order valence-corrected chi connectivity index (χ4v) is 1.32. The number of alkyl halides is 5. The summed E-state index contributed by atoms with van der Waals surface area (Å²) < 4.78 is 64.9. The van der Waals surface area contributed by atoms with Crippen LogP contribution in [0, 0.1) is 10.1 Å². The summed E-state index contributed by atoms with van der Waals surface area (Å²) in [5, 5.41) is 9.67. The molecule has 0 spiro atoms. The maximum atomic E-state index is 12.5. The van der Waals surface area contributed by atoms with E-state index >= 15 is 0 Å². The molecule has 0 saturated carbocycles. The second kappa shape index (κ2) is 4.92. The minimum atomic E-state index is -5.08. The van der Waals surface area contributed by atoms with Crippen LogP contribution < -0.4 is 4.74 Å². The third kappa shape index (κ3) is 3.19. The summed E-state index contributed by atoms with van der Waals surface area (Å²) in [6.07, 6.45) is -5.08. The first-order chi connectivity index (χ1) is 8.12. The SMILES string of the molecule is O=[N+]([O-])c1cc(C(F)(F)F)c(OC(F)F)cc1Cl. The van der Waals surface area contributed by atoms with Crippen molar-refractivity contribution in [2.75, 3.05) is 0 Å². The number of rotatable bonds is 3. The molecule has 4 nitrogen and oxygen atoms in total. The summed E-state index contributed by atoms with van der Waals surface area (Å²) in [6.45, 7) is -3.51. The van der Waals surface area contributed by atoms with Crippen molar-refractivity contribution in [1.29, 1.82) is 0 Å². The minimum Gasteiger partial charge on any atom is -0.434 e. The molecule has 0 fully saturated rings. The number of nitrogens with zero attached hydrogens (tertiary/aromatic N) is 1. The van der Waals surface area contributed by atoms with Crippen LogP contribution in [-0.4, -0.2) is 11.5 Å². The molecule has 0 atom stereocenters. The van der Waals surface area contributed by atoms with Gasteiger partial charge in [0.1, 0.15) is 16.3 Å². The van der Waals surface area contributed by atoms with Gasteiger partial charge in [-0.05, 0) is 0 Å². The van der Waals surface area contributed by atoms with E-state index in [4.69, 9.17) is 11.6 Å². The maximum Gasteiger partial charge on any atom is 0.420 e. The molecule has 1 aromatic rings. The van der Waals surface area contributed by atoms with Crippen LogP contribution in [0.3, 0.4) is 0 Å². The Morgan fingerprint density at radius 3 is 2.28 bits per heavy atom. The number of ether oxygens (including phenoxy) is 1. The largest absolute Gasteiger partial charge is 0.434 e. The first-order valence-corrected chi connectivity index (χ1v) is 4.50. The van der Waals surface area contributed by atoms with Crippen molar-refractivity contribution in [3.05, 3.63) is 32.8 Å². The van der Waals surface area contributed by atoms with E-state index in [9.17, 15) is 32.1 Å². The van der Waals surface area contributed by atoms with Gasteiger partial charge in [-0.2, -0.15) is 22.0 Å². The van der Waals surface area contributed by atoms with Gasteiger partial charge < -0.3 is 4.74 Å². The Morgan fingerprint density at radius 1 is 1.33 bits per heavy atom. The summed E-state index contributed by atoms with van der Waals surface area (Å²) >= 11 is 5.30. The Balaban J connectivity index is 3.42. The zero-order valence-corrected chi connectivity index (χ0v) is 8.93. The van der Waals surface area contributed by atoms with E-state index in [0.717, 1.165) is 0 Å². The number of benzene rings is 1. The Hall–Kier alpha value is -1.64. The second-order valence-electron chi connectivity index (χ2n) is 2.93. The van der Waals surface area contributed by atoms with E-state index in [1.165, 1.54) is 0 Å². The van der Waals surface area contributed by atoms with Gasteiger partial charge in [-0.25, -0.2) is 0 Å². The van der Waals surface area contributed by atoms with Gasteiger partial charge in [0.25, 0.3) is 5.69 Å². The van der Waals surface area contributed by atoms with Crippen LogP contribution in [0.4, 0.5) is 27.6 Å². The summed E-state index contributed by atoms with van der Waals surface area (Å²) in [5.41, 5.74) is -2.75. The van der Waals surface area contributed by atoms with Crippen LogP contribution >= 0.6 is 11.6 Å². The summed E-state index contributed by atoms with van der Waals surface area (Å²) in [6, 6.07) is 0.370. The molecule has 0 heterocycles. The minimum absolute atomic E-state index is 0.0417. The van der Waals surface area contributed by atoms with Gasteiger partial charge in [-0.1, -0.05) is 11.6 Å². The highest BCUT2D eigenvalue weighted by atomic mass is 35.5. The topological polar surface area (TPSA) is 52.4 Å². The van der Waals surface area contributed by atoms with E-state index < -0.39 is 39.7 Å². The molecule has 18 heavy (non-hydrogen) atoms. The van der Waals surface area contributed by atoms with Crippen molar-refractivity contribution in [2.45, 2.75) is 12.8 Å². The lowest BCUT2D eigenvalue weighted by molar-refractivity contribution is -0.385. The highest BCUT2D eigenvalue weighted by Crippen LogP contribution is 2.41. The molecule has 0 bridgehead atoms. The zero-order chi connectivity index (χ0) is 14.1. The first-order valence-electron chi connectivity index (χ1n) is 4.13. The molecule has 0 amide bonds. The Labute approximate surface area is 101 Å². The molecule has 1 rings (SSSR count). The molecule has 0 saturated heterocycles. The highest BCUT2D eigenvalue weighted by molar-refractivity contribution is 6.32. The molecule has 0 aromatic heterocycles. The normalized spacial score (nSPS) is 11.7. The summed E-state index contributed by atoms with van der Waals surface area (Å²) in [4.78, 5) is 9.24. The van der Waals surface area contributed by atoms with Crippen LogP contribution in [0.1, 0.15) is 5.56 Å². The van der Waals surface area contributed by atoms with Crippen LogP contribution in [0.15, 0.2) is 12.1 Å². The average Bonchev–Trinajstić information content (AvgIpc) is 2.13. The molecule has 10 heteroatoms. The standard InChI is InChI=1S/C8H3ClF5NO3/c9-4-2-6(18-7(10)11)3(8(12,13)14)1-5(4)15(16)17/h1-2,7H. The molecule has 0 aliphatic heterocycles. The fourth-order valence-electron chi connectivity index (χ4n) is 1.10. The molecular weight excluding hydrogens is 289 g/mol. The predicted octanol–water partition coefficient (Wildman–Crippen LogP) is 3.87. The molecule has 1 aromatic carbocycles. The second-order valence-corrected chi connectivity index (χ2v) is 3.34. The van der Waals surface area contributed by atoms with Gasteiger partial charge in [0, 0.05) is 12.1 Å². The van der Waals surface area contributed by atoms with Crippen LogP contribution in [0.2, 0.25) is 5.02 Å². The number of hydrogen-bond donors (Lipinski definition) is 0. The molecule has 0 aliphatic carbocycles. The molecule has 0 radical (unpaired) electrons. The molecule has 0 unspecified atom stereocenters. The van der Waals surface area contributed by atoms with Crippen molar-refractivity contribution in [2.24, 2.45) is 0 Å². The lowest BCUT2D eigenvalue weighted by Gasteiger charge is -2.13. The van der Waals surface area contributed by atoms with Gasteiger partial charge in [-0.15, -0.1) is 0 Å². The average molecular weight is 292 g/mol. The van der Waals surface area contributed by atoms with E-state index in [-0.39, 0.29) is 6.07 Å². The lowest BCUT2D eigenvalue weighted by atomic mass is 10.1. The summed E-state index contributed by atoms with van der Waals surface area (Å²) in [7, 11) is 0. The van der Waals surface area contributed by atoms with Crippen molar-refractivity contribution >= 4 is 17.3 Å². The quantitative estimate of drug-likeness (QED) is 0.482. The van der Waals surface area contributed by atoms with Gasteiger partial charge >= 0.3 is 12.8 Å². The van der Waals surface area contributed by atoms with Gasteiger partial charge in [0.2, 0.25) is 0 Å². The third-order valence-electron chi connectivity index (χ3n) is 1.77. The number of nitro groups is 1. The van der Waals surface area contributed by atoms with Gasteiger partial charge in [0.15, 0.2) is 0 Å². The van der Waals surface area contributed by atoms with Crippen LogP contribution in [0.5, 0.6) is 5.75 Å². The predicted molar refractivity (Wildman–Crippen MR) is 49.7 cm³/mol. The first kappa shape index (κ1) is 14.4. The fraction of sp³-hybridized carbons (Fsp3) is 0.250. The number of hydrogen-bond acceptors (Lipinski definition) is 3. The Morgan fingerprint density at radius 2 is 1.89 bits per heavy atom. The molecule has 100 valence electrons. The van der Waals surface area contributed by atoms with E-state index in [0.29, 0.717) is 6.07 Å². The van der Waals surface area contributed by atoms with Gasteiger partial charge in [-0.3, -0.25) is 10.1 Å². The van der Waals surface area contributed by atoms with Crippen molar-refractivity contribution in [3.63, 3.8) is 0 Å². The van der Waals surface area contributed by atoms with E-state index in [2.05, 4.69) is 4.74 Å². The molecule has 0 aliphatic rings. The Kier molecular flexibility index (Phi) is 3.95. The van der Waals surface area contributed by atoms with Crippen LogP contribution in [-0.2, 0) is 6.18 Å². The maximum absolute atomic E-state index is 12.5. The van der Waals surface area contributed by atoms with Gasteiger partial charge in [0.05, 0.1) is 4.92 Å². The third-order valence-corrected chi connectivity index (χ3v) is 2.07. The monoisotopic (exact) mass is 291 g/mol. The van der Waals surface area contributed by atoms with Crippen molar-refractivity contribution in [1.82, 2.24) is 0 Å². The highest BCUT2D eigenvalue weighted by Gasteiger charge is 2.37. The van der Waals surface area contributed by atoms with Crippen molar-refractivity contribution < 1.29 is 31.6 Å². The van der Waals surface area contributed by atoms with E-state index in [1.54, 1.807) is 0 Å². The Bertz CT molecular complexity index is 477. The van der Waals surface area contributed by atoms with Crippen LogP contribution in [0.25, 0.3) is 0 Å². The summed E-state index contributed by atoms with van der Waals surface area (Å²) in [5.74, 6) is -1.27. The van der Waals surface area contributed by atoms with E-state index in [1.807, 2.05) is 0 Å². The van der Waals surface area contributed by atoms with Crippen molar-refractivity contribution in [3.8, 4) is 5.75 Å². The number of nitro benzene ring substituents is 1. The smallest absolute Gasteiger partial charge is 0.420 e. The molecule has 0 N–H and O–H groups in total. The lowest BCUT2D eigenvalue weighted by Crippen LogP contribution is -2.12.